The Morgan fingerprint density at radius 1 is 1.04 bits per heavy atom. The van der Waals surface area contributed by atoms with E-state index in [9.17, 15) is 35.5 Å². The Kier molecular flexibility index (Phi) is 5.79. The fraction of sp³-hybridized carbons (Fsp3) is 0.357. The van der Waals surface area contributed by atoms with Crippen LogP contribution in [0.4, 0.5) is 30.7 Å². The Morgan fingerprint density at radius 2 is 1.52 bits per heavy atom. The summed E-state index contributed by atoms with van der Waals surface area (Å²) in [7, 11) is 0. The van der Waals surface area contributed by atoms with Crippen molar-refractivity contribution >= 4 is 5.97 Å². The molecule has 0 aliphatic carbocycles. The van der Waals surface area contributed by atoms with Crippen molar-refractivity contribution in [3.8, 4) is 0 Å². The lowest BCUT2D eigenvalue weighted by Crippen LogP contribution is -2.11. The van der Waals surface area contributed by atoms with Crippen molar-refractivity contribution in [3.05, 3.63) is 46.8 Å². The molecule has 2 nitrogen and oxygen atoms in total. The summed E-state index contributed by atoms with van der Waals surface area (Å²) in [6, 6.07) is 0.892. The van der Waals surface area contributed by atoms with Gasteiger partial charge in [0.05, 0.1) is 17.7 Å². The molecule has 0 N–H and O–H groups in total. The summed E-state index contributed by atoms with van der Waals surface area (Å²) in [5.74, 6) is -2.73. The second kappa shape index (κ2) is 7.01. The van der Waals surface area contributed by atoms with Gasteiger partial charge in [-0.1, -0.05) is 0 Å². The maximum absolute atomic E-state index is 13.3. The van der Waals surface area contributed by atoms with Gasteiger partial charge in [-0.3, -0.25) is 0 Å². The fourth-order valence-corrected chi connectivity index (χ4v) is 1.63. The molecule has 0 aromatic heterocycles. The van der Waals surface area contributed by atoms with E-state index in [0.29, 0.717) is 18.2 Å². The van der Waals surface area contributed by atoms with Gasteiger partial charge in [-0.2, -0.15) is 30.7 Å². The summed E-state index contributed by atoms with van der Waals surface area (Å²) in [6.45, 7) is 1.29. The van der Waals surface area contributed by atoms with Crippen LogP contribution in [0, 0.1) is 0 Å². The molecule has 0 aliphatic rings. The molecule has 0 unspecified atom stereocenters. The van der Waals surface area contributed by atoms with Crippen molar-refractivity contribution in [1.82, 2.24) is 0 Å². The Hall–Kier alpha value is -2.06. The highest BCUT2D eigenvalue weighted by atomic mass is 19.4. The standard InChI is InChI=1S/C14H11F7O2/c1-2-23-12(22)11(15)4-3-8-5-9(13(16,17)18)7-10(6-8)14(19,20)21/h4-7H,2-3H2,1H3/b11-4+. The molecule has 1 rings (SSSR count). The number of allylic oxidation sites excluding steroid dienone is 1. The molecular formula is C14H11F7O2. The third-order valence-corrected chi connectivity index (χ3v) is 2.63. The number of carbonyl (C=O) groups is 1. The predicted octanol–water partition coefficient (Wildman–Crippen LogP) is 4.68. The van der Waals surface area contributed by atoms with Crippen molar-refractivity contribution in [2.24, 2.45) is 0 Å². The number of carbonyl (C=O) groups excluding carboxylic acids is 1. The minimum Gasteiger partial charge on any atom is -0.461 e. The van der Waals surface area contributed by atoms with Gasteiger partial charge in [0.25, 0.3) is 0 Å². The van der Waals surface area contributed by atoms with Crippen molar-refractivity contribution in [2.75, 3.05) is 6.61 Å². The number of hydrogen-bond acceptors (Lipinski definition) is 2. The molecule has 1 aromatic carbocycles. The molecule has 0 saturated heterocycles. The van der Waals surface area contributed by atoms with E-state index in [0.717, 1.165) is 0 Å². The van der Waals surface area contributed by atoms with Crippen LogP contribution < -0.4 is 0 Å². The number of halogens is 7. The van der Waals surface area contributed by atoms with Crippen molar-refractivity contribution in [2.45, 2.75) is 25.7 Å². The van der Waals surface area contributed by atoms with Crippen LogP contribution in [-0.4, -0.2) is 12.6 Å². The summed E-state index contributed by atoms with van der Waals surface area (Å²) in [5, 5.41) is 0. The van der Waals surface area contributed by atoms with E-state index in [4.69, 9.17) is 0 Å². The van der Waals surface area contributed by atoms with Gasteiger partial charge in [0.15, 0.2) is 0 Å². The van der Waals surface area contributed by atoms with Crippen LogP contribution in [0.5, 0.6) is 0 Å². The highest BCUT2D eigenvalue weighted by Gasteiger charge is 2.36. The Morgan fingerprint density at radius 3 is 1.91 bits per heavy atom. The van der Waals surface area contributed by atoms with Gasteiger partial charge >= 0.3 is 18.3 Å². The van der Waals surface area contributed by atoms with Crippen LogP contribution in [-0.2, 0) is 28.3 Å². The minimum absolute atomic E-state index is 0.0328. The van der Waals surface area contributed by atoms with Gasteiger partial charge in [-0.25, -0.2) is 4.79 Å². The average Bonchev–Trinajstić information content (AvgIpc) is 2.42. The molecule has 0 saturated carbocycles. The number of hydrogen-bond donors (Lipinski definition) is 0. The van der Waals surface area contributed by atoms with E-state index in [2.05, 4.69) is 4.74 Å². The van der Waals surface area contributed by atoms with E-state index < -0.39 is 47.3 Å². The molecule has 0 amide bonds. The number of alkyl halides is 6. The van der Waals surface area contributed by atoms with Crippen molar-refractivity contribution in [1.29, 1.82) is 0 Å². The number of benzene rings is 1. The zero-order chi connectivity index (χ0) is 17.8. The summed E-state index contributed by atoms with van der Waals surface area (Å²) in [5.41, 5.74) is -3.45. The smallest absolute Gasteiger partial charge is 0.416 e. The van der Waals surface area contributed by atoms with Gasteiger partial charge in [0.1, 0.15) is 0 Å². The van der Waals surface area contributed by atoms with Crippen LogP contribution in [0.15, 0.2) is 30.1 Å². The second-order valence-corrected chi connectivity index (χ2v) is 4.39. The van der Waals surface area contributed by atoms with Gasteiger partial charge < -0.3 is 4.74 Å². The highest BCUT2D eigenvalue weighted by molar-refractivity contribution is 5.85. The number of esters is 1. The zero-order valence-corrected chi connectivity index (χ0v) is 11.7. The van der Waals surface area contributed by atoms with E-state index in [1.165, 1.54) is 6.92 Å². The first-order chi connectivity index (χ1) is 10.4. The molecule has 9 heteroatoms. The van der Waals surface area contributed by atoms with E-state index in [1.807, 2.05) is 0 Å². The molecule has 0 spiro atoms. The van der Waals surface area contributed by atoms with Crippen LogP contribution in [0.3, 0.4) is 0 Å². The van der Waals surface area contributed by atoms with Gasteiger partial charge in [-0.15, -0.1) is 0 Å². The van der Waals surface area contributed by atoms with Crippen LogP contribution in [0.1, 0.15) is 23.6 Å². The molecule has 0 fully saturated rings. The van der Waals surface area contributed by atoms with Crippen LogP contribution in [0.2, 0.25) is 0 Å². The molecule has 0 radical (unpaired) electrons. The number of ether oxygens (including phenoxy) is 1. The third-order valence-electron chi connectivity index (χ3n) is 2.63. The largest absolute Gasteiger partial charge is 0.461 e. The molecule has 128 valence electrons. The molecule has 0 bridgehead atoms. The van der Waals surface area contributed by atoms with Crippen molar-refractivity contribution in [3.63, 3.8) is 0 Å². The lowest BCUT2D eigenvalue weighted by molar-refractivity contribution is -0.143. The molecule has 0 aliphatic heterocycles. The summed E-state index contributed by atoms with van der Waals surface area (Å²) < 4.78 is 93.4. The summed E-state index contributed by atoms with van der Waals surface area (Å²) >= 11 is 0. The van der Waals surface area contributed by atoms with Crippen LogP contribution >= 0.6 is 0 Å². The monoisotopic (exact) mass is 344 g/mol. The first-order valence-corrected chi connectivity index (χ1v) is 6.26. The Balaban J connectivity index is 3.16. The zero-order valence-electron chi connectivity index (χ0n) is 11.7. The molecule has 0 heterocycles. The second-order valence-electron chi connectivity index (χ2n) is 4.39. The quantitative estimate of drug-likeness (QED) is 0.450. The van der Waals surface area contributed by atoms with E-state index in [-0.39, 0.29) is 12.7 Å². The summed E-state index contributed by atoms with van der Waals surface area (Å²) in [6.07, 6.45) is -10.0. The highest BCUT2D eigenvalue weighted by Crippen LogP contribution is 2.36. The maximum atomic E-state index is 13.3. The lowest BCUT2D eigenvalue weighted by atomic mass is 10.0. The van der Waals surface area contributed by atoms with Gasteiger partial charge in [0.2, 0.25) is 5.83 Å². The van der Waals surface area contributed by atoms with E-state index in [1.54, 1.807) is 0 Å². The minimum atomic E-state index is -4.99. The molecule has 1 aromatic rings. The third kappa shape index (κ3) is 5.57. The van der Waals surface area contributed by atoms with Crippen LogP contribution in [0.25, 0.3) is 0 Å². The van der Waals surface area contributed by atoms with E-state index >= 15 is 0 Å². The SMILES string of the molecule is CCOC(=O)/C(F)=C\Cc1cc(C(F)(F)F)cc(C(F)(F)F)c1. The molecule has 0 atom stereocenters. The Bertz CT molecular complexity index is 568. The normalized spacial score (nSPS) is 13.1. The average molecular weight is 344 g/mol. The molecular weight excluding hydrogens is 333 g/mol. The molecule has 23 heavy (non-hydrogen) atoms. The predicted molar refractivity (Wildman–Crippen MR) is 66.0 cm³/mol. The van der Waals surface area contributed by atoms with Crippen molar-refractivity contribution < 1.29 is 40.3 Å². The topological polar surface area (TPSA) is 26.3 Å². The first kappa shape index (κ1) is 19.0. The fourth-order valence-electron chi connectivity index (χ4n) is 1.63. The van der Waals surface area contributed by atoms with Gasteiger partial charge in [-0.05, 0) is 43.2 Å². The summed E-state index contributed by atoms with van der Waals surface area (Å²) in [4.78, 5) is 11.0. The van der Waals surface area contributed by atoms with Gasteiger partial charge in [0, 0.05) is 0 Å². The lowest BCUT2D eigenvalue weighted by Gasteiger charge is -2.13. The number of rotatable bonds is 4. The Labute approximate surface area is 126 Å². The maximum Gasteiger partial charge on any atom is 0.416 e. The first-order valence-electron chi connectivity index (χ1n) is 6.26.